The summed E-state index contributed by atoms with van der Waals surface area (Å²) in [4.78, 5) is 21.1. The van der Waals surface area contributed by atoms with Crippen LogP contribution in [0.4, 0.5) is 26.4 Å². The third kappa shape index (κ3) is 3.94. The maximum Gasteiger partial charge on any atom is 0.320 e. The van der Waals surface area contributed by atoms with Crippen LogP contribution in [0.3, 0.4) is 0 Å². The van der Waals surface area contributed by atoms with Crippen LogP contribution in [0, 0.1) is 12.7 Å². The summed E-state index contributed by atoms with van der Waals surface area (Å²) in [5.74, 6) is 0.298. The largest absolute Gasteiger partial charge is 0.474 e. The average molecular weight is 467 g/mol. The van der Waals surface area contributed by atoms with Gasteiger partial charge in [-0.25, -0.2) is 19.2 Å². The quantitative estimate of drug-likeness (QED) is 0.431. The van der Waals surface area contributed by atoms with Crippen LogP contribution in [0.25, 0.3) is 21.9 Å². The van der Waals surface area contributed by atoms with Crippen LogP contribution in [-0.2, 0) is 4.74 Å². The molecule has 0 radical (unpaired) electrons. The molecule has 0 bridgehead atoms. The molecule has 3 heterocycles. The number of benzene rings is 1. The topological polar surface area (TPSA) is 123 Å². The molecule has 9 nitrogen and oxygen atoms in total. The van der Waals surface area contributed by atoms with Gasteiger partial charge in [0.15, 0.2) is 5.82 Å². The summed E-state index contributed by atoms with van der Waals surface area (Å²) in [5, 5.41) is 10.1. The zero-order valence-corrected chi connectivity index (χ0v) is 19.1. The predicted octanol–water partition coefficient (Wildman–Crippen LogP) is 3.82. The zero-order chi connectivity index (χ0) is 23.8. The Morgan fingerprint density at radius 3 is 2.94 bits per heavy atom. The molecule has 3 aromatic rings. The first kappa shape index (κ1) is 22.1. The van der Waals surface area contributed by atoms with E-state index < -0.39 is 5.82 Å². The number of hydrogen-bond donors (Lipinski definition) is 4. The number of carbonyl (C=O) groups is 1. The average Bonchev–Trinajstić information content (AvgIpc) is 3.29. The second-order valence-corrected chi connectivity index (χ2v) is 8.60. The van der Waals surface area contributed by atoms with Gasteiger partial charge >= 0.3 is 6.03 Å². The van der Waals surface area contributed by atoms with E-state index in [9.17, 15) is 4.79 Å². The standard InChI is InChI=1S/C24H27FN6O3/c1-12-15(10-29-23-22(12)27-6-7-34-23)14-8-13-9-19(28-11-16(13)21(26)20(14)25)31-24(32)30-17-4-3-5-18(17)33-2/h8-11,17-18,27H,3-7,26H2,1-2H3,(H2,28,30,31,32)/t17-,18+/m0/s1. The molecule has 1 fully saturated rings. The number of nitrogens with zero attached hydrogens (tertiary/aromatic N) is 2. The van der Waals surface area contributed by atoms with Gasteiger partial charge in [0.2, 0.25) is 5.88 Å². The molecule has 10 heteroatoms. The molecule has 1 aromatic carbocycles. The van der Waals surface area contributed by atoms with Crippen LogP contribution in [0.2, 0.25) is 0 Å². The Bertz CT molecular complexity index is 1270. The zero-order valence-electron chi connectivity index (χ0n) is 19.1. The third-order valence-corrected chi connectivity index (χ3v) is 6.55. The minimum absolute atomic E-state index is 0.00813. The Hall–Kier alpha value is -3.66. The van der Waals surface area contributed by atoms with Crippen molar-refractivity contribution in [3.05, 3.63) is 35.9 Å². The summed E-state index contributed by atoms with van der Waals surface area (Å²) in [5.41, 5.74) is 8.63. The lowest BCUT2D eigenvalue weighted by atomic mass is 9.97. The van der Waals surface area contributed by atoms with Crippen molar-refractivity contribution in [2.75, 3.05) is 36.6 Å². The Kier molecular flexibility index (Phi) is 5.82. The number of rotatable bonds is 4. The van der Waals surface area contributed by atoms with Gasteiger partial charge in [-0.1, -0.05) is 0 Å². The number of methoxy groups -OCH3 is 1. The summed E-state index contributed by atoms with van der Waals surface area (Å²) < 4.78 is 26.3. The number of nitrogen functional groups attached to an aromatic ring is 1. The van der Waals surface area contributed by atoms with Crippen LogP contribution in [0.15, 0.2) is 24.5 Å². The molecule has 1 aliphatic carbocycles. The van der Waals surface area contributed by atoms with Crippen molar-refractivity contribution in [1.82, 2.24) is 15.3 Å². The van der Waals surface area contributed by atoms with Gasteiger partial charge in [-0.2, -0.15) is 0 Å². The van der Waals surface area contributed by atoms with E-state index in [1.807, 2.05) is 6.92 Å². The first-order valence-electron chi connectivity index (χ1n) is 11.3. The molecule has 5 N–H and O–H groups in total. The van der Waals surface area contributed by atoms with Gasteiger partial charge in [-0.05, 0) is 49.3 Å². The number of carbonyl (C=O) groups excluding carboxylic acids is 1. The van der Waals surface area contributed by atoms with Crippen LogP contribution in [-0.4, -0.2) is 48.4 Å². The SMILES string of the molecule is CO[C@@H]1CCC[C@@H]1NC(=O)Nc1cc2cc(-c3cnc4c(c3C)NCCO4)c(F)c(N)c2cn1. The molecule has 2 aliphatic rings. The second-order valence-electron chi connectivity index (χ2n) is 8.60. The Labute approximate surface area is 196 Å². The fourth-order valence-electron chi connectivity index (χ4n) is 4.75. The van der Waals surface area contributed by atoms with E-state index in [0.29, 0.717) is 46.7 Å². The maximum absolute atomic E-state index is 15.3. The molecular weight excluding hydrogens is 439 g/mol. The van der Waals surface area contributed by atoms with Gasteiger partial charge in [0.05, 0.1) is 17.8 Å². The fraction of sp³-hybridized carbons (Fsp3) is 0.375. The maximum atomic E-state index is 15.3. The second kappa shape index (κ2) is 8.94. The monoisotopic (exact) mass is 466 g/mol. The van der Waals surface area contributed by atoms with Crippen LogP contribution < -0.4 is 26.4 Å². The van der Waals surface area contributed by atoms with Crippen molar-refractivity contribution in [2.45, 2.75) is 38.3 Å². The lowest BCUT2D eigenvalue weighted by molar-refractivity contribution is 0.0882. The molecule has 1 aliphatic heterocycles. The predicted molar refractivity (Wildman–Crippen MR) is 129 cm³/mol. The Morgan fingerprint density at radius 2 is 2.12 bits per heavy atom. The number of nitrogens with two attached hydrogens (primary N) is 1. The highest BCUT2D eigenvalue weighted by atomic mass is 19.1. The smallest absolute Gasteiger partial charge is 0.320 e. The number of amides is 2. The van der Waals surface area contributed by atoms with Gasteiger partial charge in [0.1, 0.15) is 18.1 Å². The number of anilines is 3. The molecule has 178 valence electrons. The molecule has 0 unspecified atom stereocenters. The van der Waals surface area contributed by atoms with Crippen molar-refractivity contribution < 1.29 is 18.7 Å². The van der Waals surface area contributed by atoms with Crippen LogP contribution in [0.1, 0.15) is 24.8 Å². The summed E-state index contributed by atoms with van der Waals surface area (Å²) in [6, 6.07) is 2.97. The van der Waals surface area contributed by atoms with Crippen molar-refractivity contribution in [3.63, 3.8) is 0 Å². The molecule has 1 saturated carbocycles. The van der Waals surface area contributed by atoms with E-state index in [-0.39, 0.29) is 23.9 Å². The molecule has 0 saturated heterocycles. The number of fused-ring (bicyclic) bond motifs is 2. The lowest BCUT2D eigenvalue weighted by Crippen LogP contribution is -2.43. The van der Waals surface area contributed by atoms with E-state index in [1.165, 1.54) is 6.20 Å². The third-order valence-electron chi connectivity index (χ3n) is 6.55. The summed E-state index contributed by atoms with van der Waals surface area (Å²) in [7, 11) is 1.65. The number of halogens is 1. The van der Waals surface area contributed by atoms with Gasteiger partial charge < -0.3 is 25.8 Å². The molecule has 2 atom stereocenters. The molecule has 34 heavy (non-hydrogen) atoms. The number of nitrogens with one attached hydrogen (secondary N) is 3. The number of urea groups is 1. The molecular formula is C24H27FN6O3. The molecule has 2 aromatic heterocycles. The van der Waals surface area contributed by atoms with Crippen molar-refractivity contribution >= 4 is 34.0 Å². The lowest BCUT2D eigenvalue weighted by Gasteiger charge is -2.22. The van der Waals surface area contributed by atoms with E-state index in [1.54, 1.807) is 25.4 Å². The summed E-state index contributed by atoms with van der Waals surface area (Å²) in [6.07, 6.45) is 5.85. The van der Waals surface area contributed by atoms with Crippen molar-refractivity contribution in [1.29, 1.82) is 0 Å². The molecule has 0 spiro atoms. The number of hydrogen-bond acceptors (Lipinski definition) is 7. The highest BCUT2D eigenvalue weighted by Gasteiger charge is 2.28. The Morgan fingerprint density at radius 1 is 1.26 bits per heavy atom. The number of aromatic nitrogens is 2. The summed E-state index contributed by atoms with van der Waals surface area (Å²) >= 11 is 0. The fourth-order valence-corrected chi connectivity index (χ4v) is 4.75. The number of ether oxygens (including phenoxy) is 2. The van der Waals surface area contributed by atoms with Crippen molar-refractivity contribution in [2.24, 2.45) is 0 Å². The van der Waals surface area contributed by atoms with E-state index >= 15 is 4.39 Å². The highest BCUT2D eigenvalue weighted by Crippen LogP contribution is 2.39. The minimum atomic E-state index is -0.541. The van der Waals surface area contributed by atoms with Gasteiger partial charge in [-0.3, -0.25) is 5.32 Å². The van der Waals surface area contributed by atoms with Crippen LogP contribution in [0.5, 0.6) is 5.88 Å². The number of pyridine rings is 2. The highest BCUT2D eigenvalue weighted by molar-refractivity contribution is 6.00. The van der Waals surface area contributed by atoms with Gasteiger partial charge in [0, 0.05) is 42.6 Å². The van der Waals surface area contributed by atoms with Gasteiger partial charge in [-0.15, -0.1) is 0 Å². The van der Waals surface area contributed by atoms with E-state index in [4.69, 9.17) is 15.2 Å². The normalized spacial score (nSPS) is 19.3. The molecule has 5 rings (SSSR count). The minimum Gasteiger partial charge on any atom is -0.474 e. The van der Waals surface area contributed by atoms with Crippen LogP contribution >= 0.6 is 0 Å². The first-order chi connectivity index (χ1) is 16.5. The van der Waals surface area contributed by atoms with E-state index in [0.717, 1.165) is 30.5 Å². The molecule has 2 amide bonds. The Balaban J connectivity index is 1.46. The summed E-state index contributed by atoms with van der Waals surface area (Å²) in [6.45, 7) is 3.06. The first-order valence-corrected chi connectivity index (χ1v) is 11.3. The van der Waals surface area contributed by atoms with Crippen molar-refractivity contribution in [3.8, 4) is 17.0 Å². The van der Waals surface area contributed by atoms with Gasteiger partial charge in [0.25, 0.3) is 0 Å². The van der Waals surface area contributed by atoms with E-state index in [2.05, 4.69) is 25.9 Å².